The molecule has 0 aromatic heterocycles. The van der Waals surface area contributed by atoms with Crippen LogP contribution in [0.2, 0.25) is 0 Å². The average molecular weight is 308 g/mol. The molecule has 1 aliphatic heterocycles. The van der Waals surface area contributed by atoms with Crippen molar-refractivity contribution in [3.05, 3.63) is 35.6 Å². The molecule has 1 aromatic carbocycles. The van der Waals surface area contributed by atoms with Crippen LogP contribution in [0.1, 0.15) is 38.7 Å². The lowest BCUT2D eigenvalue weighted by molar-refractivity contribution is -0.126. The first-order valence-electron chi connectivity index (χ1n) is 7.93. The smallest absolute Gasteiger partial charge is 0.237 e. The molecule has 1 heterocycles. The van der Waals surface area contributed by atoms with Gasteiger partial charge in [0.15, 0.2) is 0 Å². The largest absolute Gasteiger partial charge is 0.393 e. The maximum absolute atomic E-state index is 12.9. The number of nitrogens with zero attached hydrogens (tertiary/aromatic N) is 1. The van der Waals surface area contributed by atoms with Crippen LogP contribution >= 0.6 is 0 Å². The van der Waals surface area contributed by atoms with Crippen LogP contribution in [-0.4, -0.2) is 40.6 Å². The van der Waals surface area contributed by atoms with Gasteiger partial charge in [0.05, 0.1) is 12.1 Å². The highest BCUT2D eigenvalue weighted by Crippen LogP contribution is 2.23. The van der Waals surface area contributed by atoms with Gasteiger partial charge in [-0.15, -0.1) is 0 Å². The van der Waals surface area contributed by atoms with Crippen LogP contribution < -0.4 is 5.32 Å². The van der Waals surface area contributed by atoms with Gasteiger partial charge in [0.1, 0.15) is 5.82 Å². The number of likely N-dealkylation sites (tertiary alicyclic amines) is 1. The molecule has 3 unspecified atom stereocenters. The van der Waals surface area contributed by atoms with E-state index in [1.54, 1.807) is 19.1 Å². The maximum Gasteiger partial charge on any atom is 0.237 e. The van der Waals surface area contributed by atoms with Gasteiger partial charge in [-0.1, -0.05) is 12.1 Å². The number of hydrogen-bond acceptors (Lipinski definition) is 3. The number of amides is 1. The molecule has 1 aromatic rings. The van der Waals surface area contributed by atoms with Crippen molar-refractivity contribution in [3.63, 3.8) is 0 Å². The molecule has 1 saturated heterocycles. The predicted octanol–water partition coefficient (Wildman–Crippen LogP) is 2.07. The Bertz CT molecular complexity index is 490. The van der Waals surface area contributed by atoms with Crippen molar-refractivity contribution in [2.45, 2.75) is 57.8 Å². The molecule has 0 spiro atoms. The van der Waals surface area contributed by atoms with Crippen LogP contribution in [0.15, 0.2) is 24.3 Å². The maximum atomic E-state index is 12.9. The number of hydrogen-bond donors (Lipinski definition) is 2. The summed E-state index contributed by atoms with van der Waals surface area (Å²) in [6.45, 7) is 4.98. The zero-order valence-corrected chi connectivity index (χ0v) is 13.3. The summed E-state index contributed by atoms with van der Waals surface area (Å²) in [4.78, 5) is 14.5. The lowest BCUT2D eigenvalue weighted by Crippen LogP contribution is -2.47. The van der Waals surface area contributed by atoms with Gasteiger partial charge in [0.2, 0.25) is 5.91 Å². The second-order valence-corrected chi connectivity index (χ2v) is 6.14. The van der Waals surface area contributed by atoms with Crippen molar-refractivity contribution in [3.8, 4) is 0 Å². The van der Waals surface area contributed by atoms with Gasteiger partial charge in [0, 0.05) is 12.6 Å². The number of carbonyl (C=O) groups excluding carboxylic acids is 1. The SMILES string of the molecule is CC(O)CC1CCCN1C(C)C(=O)NCc1ccc(F)cc1. The van der Waals surface area contributed by atoms with E-state index in [-0.39, 0.29) is 29.9 Å². The van der Waals surface area contributed by atoms with Gasteiger partial charge in [-0.05, 0) is 57.4 Å². The average Bonchev–Trinajstić information content (AvgIpc) is 2.92. The van der Waals surface area contributed by atoms with Crippen molar-refractivity contribution in [2.75, 3.05) is 6.54 Å². The van der Waals surface area contributed by atoms with Crippen LogP contribution in [0, 0.1) is 5.82 Å². The predicted molar refractivity (Wildman–Crippen MR) is 83.7 cm³/mol. The van der Waals surface area contributed by atoms with E-state index < -0.39 is 0 Å². The third-order valence-corrected chi connectivity index (χ3v) is 4.29. The fourth-order valence-electron chi connectivity index (χ4n) is 3.10. The molecule has 122 valence electrons. The van der Waals surface area contributed by atoms with Crippen molar-refractivity contribution in [2.24, 2.45) is 0 Å². The minimum atomic E-state index is -0.347. The monoisotopic (exact) mass is 308 g/mol. The van der Waals surface area contributed by atoms with E-state index in [0.717, 1.165) is 24.9 Å². The molecule has 2 rings (SSSR count). The zero-order chi connectivity index (χ0) is 16.1. The molecule has 5 heteroatoms. The Hall–Kier alpha value is -1.46. The number of aliphatic hydroxyl groups is 1. The molecule has 22 heavy (non-hydrogen) atoms. The number of rotatable bonds is 6. The minimum absolute atomic E-state index is 0.0261. The summed E-state index contributed by atoms with van der Waals surface area (Å²) in [5, 5.41) is 12.5. The highest BCUT2D eigenvalue weighted by molar-refractivity contribution is 5.81. The zero-order valence-electron chi connectivity index (χ0n) is 13.3. The van der Waals surface area contributed by atoms with Gasteiger partial charge in [0.25, 0.3) is 0 Å². The molecule has 3 atom stereocenters. The van der Waals surface area contributed by atoms with Crippen molar-refractivity contribution in [1.82, 2.24) is 10.2 Å². The highest BCUT2D eigenvalue weighted by atomic mass is 19.1. The summed E-state index contributed by atoms with van der Waals surface area (Å²) >= 11 is 0. The van der Waals surface area contributed by atoms with Gasteiger partial charge in [-0.25, -0.2) is 4.39 Å². The van der Waals surface area contributed by atoms with Crippen molar-refractivity contribution < 1.29 is 14.3 Å². The fourth-order valence-corrected chi connectivity index (χ4v) is 3.10. The number of carbonyl (C=O) groups is 1. The van der Waals surface area contributed by atoms with E-state index in [1.807, 2.05) is 6.92 Å². The minimum Gasteiger partial charge on any atom is -0.393 e. The Morgan fingerprint density at radius 1 is 1.41 bits per heavy atom. The second kappa shape index (κ2) is 7.70. The molecule has 0 radical (unpaired) electrons. The van der Waals surface area contributed by atoms with E-state index in [2.05, 4.69) is 10.2 Å². The summed E-state index contributed by atoms with van der Waals surface area (Å²) in [5.41, 5.74) is 0.879. The van der Waals surface area contributed by atoms with Crippen LogP contribution in [0.4, 0.5) is 4.39 Å². The van der Waals surface area contributed by atoms with Crippen LogP contribution in [0.25, 0.3) is 0 Å². The second-order valence-electron chi connectivity index (χ2n) is 6.14. The van der Waals surface area contributed by atoms with E-state index in [0.29, 0.717) is 13.0 Å². The van der Waals surface area contributed by atoms with Crippen molar-refractivity contribution >= 4 is 5.91 Å². The Balaban J connectivity index is 1.87. The topological polar surface area (TPSA) is 52.6 Å². The normalized spacial score (nSPS) is 21.5. The Labute approximate surface area is 131 Å². The molecule has 0 saturated carbocycles. The van der Waals surface area contributed by atoms with E-state index >= 15 is 0 Å². The van der Waals surface area contributed by atoms with Gasteiger partial charge in [-0.2, -0.15) is 0 Å². The van der Waals surface area contributed by atoms with Crippen LogP contribution in [-0.2, 0) is 11.3 Å². The van der Waals surface area contributed by atoms with E-state index in [4.69, 9.17) is 0 Å². The van der Waals surface area contributed by atoms with Gasteiger partial charge < -0.3 is 10.4 Å². The molecule has 0 aliphatic carbocycles. The first-order valence-corrected chi connectivity index (χ1v) is 7.93. The molecule has 2 N–H and O–H groups in total. The molecule has 1 amide bonds. The summed E-state index contributed by atoms with van der Waals surface area (Å²) in [7, 11) is 0. The van der Waals surface area contributed by atoms with Gasteiger partial charge >= 0.3 is 0 Å². The van der Waals surface area contributed by atoms with E-state index in [9.17, 15) is 14.3 Å². The quantitative estimate of drug-likeness (QED) is 0.846. The fraction of sp³-hybridized carbons (Fsp3) is 0.588. The molecule has 1 aliphatic rings. The molecule has 1 fully saturated rings. The van der Waals surface area contributed by atoms with Crippen LogP contribution in [0.5, 0.6) is 0 Å². The highest BCUT2D eigenvalue weighted by Gasteiger charge is 2.32. The molecule has 0 bridgehead atoms. The van der Waals surface area contributed by atoms with Crippen LogP contribution in [0.3, 0.4) is 0 Å². The Morgan fingerprint density at radius 3 is 2.73 bits per heavy atom. The van der Waals surface area contributed by atoms with Gasteiger partial charge in [-0.3, -0.25) is 9.69 Å². The lowest BCUT2D eigenvalue weighted by atomic mass is 10.1. The first-order chi connectivity index (χ1) is 10.5. The summed E-state index contributed by atoms with van der Waals surface area (Å²) in [6, 6.07) is 6.19. The first kappa shape index (κ1) is 16.9. The Morgan fingerprint density at radius 2 is 2.09 bits per heavy atom. The summed E-state index contributed by atoms with van der Waals surface area (Å²) in [6.07, 6.45) is 2.45. The van der Waals surface area contributed by atoms with E-state index in [1.165, 1.54) is 12.1 Å². The molecular formula is C17H25FN2O2. The lowest BCUT2D eigenvalue weighted by Gasteiger charge is -2.30. The number of aliphatic hydroxyl groups excluding tert-OH is 1. The number of benzene rings is 1. The van der Waals surface area contributed by atoms with Crippen molar-refractivity contribution in [1.29, 1.82) is 0 Å². The standard InChI is InChI=1S/C17H25FN2O2/c1-12(21)10-16-4-3-9-20(16)13(2)17(22)19-11-14-5-7-15(18)8-6-14/h5-8,12-13,16,21H,3-4,9-11H2,1-2H3,(H,19,22). The number of halogens is 1. The Kier molecular flexibility index (Phi) is 5.91. The molecular weight excluding hydrogens is 283 g/mol. The third-order valence-electron chi connectivity index (χ3n) is 4.29. The molecule has 4 nitrogen and oxygen atoms in total. The third kappa shape index (κ3) is 4.52. The number of nitrogens with one attached hydrogen (secondary N) is 1. The summed E-state index contributed by atoms with van der Waals surface area (Å²) in [5.74, 6) is -0.303. The summed E-state index contributed by atoms with van der Waals surface area (Å²) < 4.78 is 12.9.